The van der Waals surface area contributed by atoms with Crippen molar-refractivity contribution in [1.82, 2.24) is 9.97 Å². The Hall–Kier alpha value is -1.63. The largest absolute Gasteiger partial charge is 0.335 e. The minimum atomic E-state index is 0.785. The van der Waals surface area contributed by atoms with Crippen LogP contribution in [0.2, 0.25) is 0 Å². The van der Waals surface area contributed by atoms with Crippen LogP contribution in [-0.4, -0.2) is 16.5 Å². The Morgan fingerprint density at radius 3 is 2.94 bits per heavy atom. The average molecular weight is 350 g/mol. The number of hydrogen-bond acceptors (Lipinski definition) is 4. The Bertz CT molecular complexity index is 552. The molecule has 18 heavy (non-hydrogen) atoms. The molecule has 2 heterocycles. The molecule has 0 saturated heterocycles. The van der Waals surface area contributed by atoms with Crippen molar-refractivity contribution < 1.29 is 0 Å². The van der Waals surface area contributed by atoms with Crippen LogP contribution in [-0.2, 0) is 0 Å². The van der Waals surface area contributed by atoms with E-state index in [4.69, 9.17) is 0 Å². The molecule has 0 unspecified atom stereocenters. The van der Waals surface area contributed by atoms with E-state index in [9.17, 15) is 0 Å². The molecule has 1 aromatic carbocycles. The lowest BCUT2D eigenvalue weighted by molar-refractivity contribution is 1.01. The van der Waals surface area contributed by atoms with E-state index in [0.29, 0.717) is 0 Å². The number of benzene rings is 1. The van der Waals surface area contributed by atoms with Crippen LogP contribution in [0.4, 0.5) is 23.0 Å². The number of aromatic nitrogens is 2. The van der Waals surface area contributed by atoms with Crippen molar-refractivity contribution in [1.29, 1.82) is 0 Å². The minimum Gasteiger partial charge on any atom is -0.335 e. The van der Waals surface area contributed by atoms with Crippen LogP contribution in [0.5, 0.6) is 0 Å². The summed E-state index contributed by atoms with van der Waals surface area (Å²) in [7, 11) is 0. The monoisotopic (exact) mass is 350 g/mol. The van der Waals surface area contributed by atoms with Gasteiger partial charge >= 0.3 is 0 Å². The number of hydrogen-bond donors (Lipinski definition) is 1. The highest BCUT2D eigenvalue weighted by atomic mass is 127. The summed E-state index contributed by atoms with van der Waals surface area (Å²) in [6.45, 7) is 0.785. The highest BCUT2D eigenvalue weighted by Gasteiger charge is 2.22. The Balaban J connectivity index is 2.11. The zero-order chi connectivity index (χ0) is 12.4. The Kier molecular flexibility index (Phi) is 3.14. The van der Waals surface area contributed by atoms with Crippen LogP contribution in [0, 0.1) is 0 Å². The number of para-hydroxylation sites is 2. The average Bonchev–Trinajstić information content (AvgIpc) is 2.43. The third-order valence-electron chi connectivity index (χ3n) is 2.76. The van der Waals surface area contributed by atoms with Gasteiger partial charge in [-0.2, -0.15) is 0 Å². The summed E-state index contributed by atoms with van der Waals surface area (Å²) in [5, 5.41) is 3.31. The lowest BCUT2D eigenvalue weighted by Crippen LogP contribution is -2.24. The molecule has 0 radical (unpaired) electrons. The lowest BCUT2D eigenvalue weighted by Gasteiger charge is -2.30. The van der Waals surface area contributed by atoms with E-state index in [2.05, 4.69) is 54.9 Å². The second kappa shape index (κ2) is 4.93. The molecular weight excluding hydrogens is 339 g/mol. The van der Waals surface area contributed by atoms with Gasteiger partial charge in [0.15, 0.2) is 11.6 Å². The van der Waals surface area contributed by atoms with Gasteiger partial charge in [0.05, 0.1) is 11.4 Å². The number of rotatable bonds is 2. The van der Waals surface area contributed by atoms with Gasteiger partial charge in [0, 0.05) is 18.9 Å². The topological polar surface area (TPSA) is 41.0 Å². The van der Waals surface area contributed by atoms with E-state index in [0.717, 1.165) is 29.6 Å². The van der Waals surface area contributed by atoms with Gasteiger partial charge in [-0.3, -0.25) is 0 Å². The van der Waals surface area contributed by atoms with Crippen molar-refractivity contribution in [2.75, 3.05) is 16.8 Å². The molecule has 0 bridgehead atoms. The number of nitrogens with zero attached hydrogens (tertiary/aromatic N) is 3. The highest BCUT2D eigenvalue weighted by Crippen LogP contribution is 2.40. The molecule has 0 amide bonds. The molecule has 1 N–H and O–H groups in total. The van der Waals surface area contributed by atoms with Crippen LogP contribution in [0.25, 0.3) is 0 Å². The van der Waals surface area contributed by atoms with Crippen molar-refractivity contribution >= 4 is 45.6 Å². The molecule has 3 rings (SSSR count). The number of anilines is 4. The fourth-order valence-electron chi connectivity index (χ4n) is 2.00. The van der Waals surface area contributed by atoms with Gasteiger partial charge < -0.3 is 10.2 Å². The quantitative estimate of drug-likeness (QED) is 0.840. The fraction of sp³-hybridized carbons (Fsp3) is 0.0769. The molecular formula is C13H11IN4. The van der Waals surface area contributed by atoms with Gasteiger partial charge in [0.2, 0.25) is 0 Å². The van der Waals surface area contributed by atoms with Gasteiger partial charge in [-0.05, 0) is 16.2 Å². The first-order valence-electron chi connectivity index (χ1n) is 5.60. The summed E-state index contributed by atoms with van der Waals surface area (Å²) < 4.78 is 2.01. The Labute approximate surface area is 119 Å². The fourth-order valence-corrected chi connectivity index (χ4v) is 2.23. The first-order chi connectivity index (χ1) is 8.90. The van der Waals surface area contributed by atoms with Crippen molar-refractivity contribution in [3.63, 3.8) is 0 Å². The molecule has 1 aliphatic heterocycles. The van der Waals surface area contributed by atoms with Gasteiger partial charge in [0.25, 0.3) is 0 Å². The molecule has 90 valence electrons. The smallest absolute Gasteiger partial charge is 0.176 e. The van der Waals surface area contributed by atoms with E-state index < -0.39 is 0 Å². The second-order valence-electron chi connectivity index (χ2n) is 3.84. The molecule has 2 aromatic rings. The molecule has 5 heteroatoms. The Morgan fingerprint density at radius 2 is 2.06 bits per heavy atom. The maximum Gasteiger partial charge on any atom is 0.176 e. The maximum atomic E-state index is 4.42. The number of nitrogens with one attached hydrogen (secondary N) is 1. The van der Waals surface area contributed by atoms with Crippen LogP contribution in [0.1, 0.15) is 0 Å². The summed E-state index contributed by atoms with van der Waals surface area (Å²) in [6, 6.07) is 8.18. The summed E-state index contributed by atoms with van der Waals surface area (Å²) in [4.78, 5) is 10.9. The summed E-state index contributed by atoms with van der Waals surface area (Å²) >= 11 is 2.22. The van der Waals surface area contributed by atoms with E-state index >= 15 is 0 Å². The van der Waals surface area contributed by atoms with Gasteiger partial charge in [0.1, 0.15) is 0 Å². The second-order valence-corrected chi connectivity index (χ2v) is 4.56. The summed E-state index contributed by atoms with van der Waals surface area (Å²) in [5.74, 6) is 1.67. The molecule has 0 aliphatic carbocycles. The summed E-state index contributed by atoms with van der Waals surface area (Å²) in [5.41, 5.74) is 2.19. The standard InChI is InChI=1S/C13H11IN4/c14-6-3-9-18-11-5-2-1-4-10(11)17-12-13(18)16-8-7-15-12/h1-8H,9H2,(H,15,17)/b6-3+. The van der Waals surface area contributed by atoms with Crippen LogP contribution in [0.3, 0.4) is 0 Å². The van der Waals surface area contributed by atoms with Gasteiger partial charge in [-0.1, -0.05) is 40.8 Å². The van der Waals surface area contributed by atoms with E-state index in [1.165, 1.54) is 0 Å². The van der Waals surface area contributed by atoms with E-state index in [1.807, 2.05) is 22.3 Å². The molecule has 0 fully saturated rings. The van der Waals surface area contributed by atoms with Crippen LogP contribution >= 0.6 is 22.6 Å². The molecule has 0 atom stereocenters. The van der Waals surface area contributed by atoms with E-state index in [1.54, 1.807) is 12.4 Å². The lowest BCUT2D eigenvalue weighted by atomic mass is 10.2. The van der Waals surface area contributed by atoms with Crippen molar-refractivity contribution in [2.24, 2.45) is 0 Å². The molecule has 0 spiro atoms. The third-order valence-corrected chi connectivity index (χ3v) is 3.27. The first kappa shape index (κ1) is 11.5. The SMILES string of the molecule is I/C=C/CN1c2ccccc2Nc2nccnc21. The minimum absolute atomic E-state index is 0.785. The maximum absolute atomic E-state index is 4.42. The highest BCUT2D eigenvalue weighted by molar-refractivity contribution is 14.1. The third kappa shape index (κ3) is 1.94. The van der Waals surface area contributed by atoms with Crippen LogP contribution < -0.4 is 10.2 Å². The van der Waals surface area contributed by atoms with E-state index in [-0.39, 0.29) is 0 Å². The van der Waals surface area contributed by atoms with Crippen LogP contribution in [0.15, 0.2) is 46.8 Å². The van der Waals surface area contributed by atoms with Gasteiger partial charge in [-0.15, -0.1) is 0 Å². The molecule has 4 nitrogen and oxygen atoms in total. The zero-order valence-corrected chi connectivity index (χ0v) is 11.7. The predicted octanol–water partition coefficient (Wildman–Crippen LogP) is 3.62. The van der Waals surface area contributed by atoms with Gasteiger partial charge in [-0.25, -0.2) is 9.97 Å². The Morgan fingerprint density at radius 1 is 1.22 bits per heavy atom. The number of fused-ring (bicyclic) bond motifs is 2. The first-order valence-corrected chi connectivity index (χ1v) is 6.84. The van der Waals surface area contributed by atoms with Crippen molar-refractivity contribution in [3.8, 4) is 0 Å². The normalized spacial score (nSPS) is 13.1. The number of halogens is 1. The summed E-state index contributed by atoms with van der Waals surface area (Å²) in [6.07, 6.45) is 5.52. The molecule has 1 aromatic heterocycles. The molecule has 1 aliphatic rings. The van der Waals surface area contributed by atoms with Crippen molar-refractivity contribution in [3.05, 3.63) is 46.8 Å². The predicted molar refractivity (Wildman–Crippen MR) is 81.9 cm³/mol. The zero-order valence-electron chi connectivity index (χ0n) is 9.55. The molecule has 0 saturated carbocycles. The van der Waals surface area contributed by atoms with Crippen molar-refractivity contribution in [2.45, 2.75) is 0 Å².